The summed E-state index contributed by atoms with van der Waals surface area (Å²) < 4.78 is 0. The van der Waals surface area contributed by atoms with Gasteiger partial charge in [-0.15, -0.1) is 0 Å². The maximum Gasteiger partial charge on any atom is 0.0366 e. The third-order valence-electron chi connectivity index (χ3n) is 2.95. The molecule has 0 saturated heterocycles. The van der Waals surface area contributed by atoms with Crippen molar-refractivity contribution in [2.75, 3.05) is 18.5 Å². The lowest BCUT2D eigenvalue weighted by molar-refractivity contribution is 0.524. The number of hydrogen-bond donors (Lipinski definition) is 1. The minimum absolute atomic E-state index is 0.617. The maximum absolute atomic E-state index is 5.65. The molecule has 16 heavy (non-hydrogen) atoms. The van der Waals surface area contributed by atoms with Crippen molar-refractivity contribution in [1.82, 2.24) is 0 Å². The molecule has 0 aliphatic carbocycles. The first-order valence-electron chi connectivity index (χ1n) is 6.17. The molecule has 0 heterocycles. The normalized spacial score (nSPS) is 12.5. The SMILES string of the molecule is CCCC(C)CN(C)c1cccc(CN)c1. The molecule has 2 N–H and O–H groups in total. The Kier molecular flexibility index (Phi) is 5.33. The summed E-state index contributed by atoms with van der Waals surface area (Å²) in [4.78, 5) is 2.32. The molecule has 2 nitrogen and oxygen atoms in total. The van der Waals surface area contributed by atoms with Gasteiger partial charge >= 0.3 is 0 Å². The van der Waals surface area contributed by atoms with Crippen LogP contribution in [0.15, 0.2) is 24.3 Å². The van der Waals surface area contributed by atoms with Crippen LogP contribution < -0.4 is 10.6 Å². The number of rotatable bonds is 6. The zero-order valence-electron chi connectivity index (χ0n) is 10.7. The second kappa shape index (κ2) is 6.54. The van der Waals surface area contributed by atoms with E-state index in [1.165, 1.54) is 24.1 Å². The van der Waals surface area contributed by atoms with E-state index in [-0.39, 0.29) is 0 Å². The summed E-state index contributed by atoms with van der Waals surface area (Å²) in [5.74, 6) is 0.747. The van der Waals surface area contributed by atoms with Crippen LogP contribution in [0.3, 0.4) is 0 Å². The van der Waals surface area contributed by atoms with Gasteiger partial charge in [-0.25, -0.2) is 0 Å². The Balaban J connectivity index is 2.61. The van der Waals surface area contributed by atoms with Crippen molar-refractivity contribution in [3.8, 4) is 0 Å². The van der Waals surface area contributed by atoms with Crippen LogP contribution in [0.5, 0.6) is 0 Å². The van der Waals surface area contributed by atoms with Crippen molar-refractivity contribution < 1.29 is 0 Å². The molecule has 0 amide bonds. The molecule has 0 fully saturated rings. The third-order valence-corrected chi connectivity index (χ3v) is 2.95. The smallest absolute Gasteiger partial charge is 0.0366 e. The molecule has 2 heteroatoms. The van der Waals surface area contributed by atoms with E-state index in [0.717, 1.165) is 12.5 Å². The molecule has 1 unspecified atom stereocenters. The highest BCUT2D eigenvalue weighted by Crippen LogP contribution is 2.17. The number of hydrogen-bond acceptors (Lipinski definition) is 2. The van der Waals surface area contributed by atoms with Crippen molar-refractivity contribution in [1.29, 1.82) is 0 Å². The first kappa shape index (κ1) is 13.0. The zero-order chi connectivity index (χ0) is 12.0. The minimum atomic E-state index is 0.617. The monoisotopic (exact) mass is 220 g/mol. The fraction of sp³-hybridized carbons (Fsp3) is 0.571. The van der Waals surface area contributed by atoms with Gasteiger partial charge in [-0.2, -0.15) is 0 Å². The van der Waals surface area contributed by atoms with E-state index >= 15 is 0 Å². The lowest BCUT2D eigenvalue weighted by Crippen LogP contribution is -2.24. The molecule has 0 aliphatic heterocycles. The Morgan fingerprint density at radius 3 is 2.75 bits per heavy atom. The molecule has 1 rings (SSSR count). The highest BCUT2D eigenvalue weighted by atomic mass is 15.1. The molecule has 0 bridgehead atoms. The Labute approximate surface area is 99.5 Å². The molecule has 0 saturated carbocycles. The largest absolute Gasteiger partial charge is 0.374 e. The second-order valence-electron chi connectivity index (χ2n) is 4.65. The summed E-state index contributed by atoms with van der Waals surface area (Å²) in [7, 11) is 2.15. The highest BCUT2D eigenvalue weighted by Gasteiger charge is 2.06. The van der Waals surface area contributed by atoms with Crippen molar-refractivity contribution in [2.24, 2.45) is 11.7 Å². The van der Waals surface area contributed by atoms with E-state index in [1.54, 1.807) is 0 Å². The minimum Gasteiger partial charge on any atom is -0.374 e. The average Bonchev–Trinajstić information content (AvgIpc) is 2.29. The van der Waals surface area contributed by atoms with Crippen LogP contribution in [0.4, 0.5) is 5.69 Å². The van der Waals surface area contributed by atoms with E-state index in [2.05, 4.69) is 50.1 Å². The molecule has 90 valence electrons. The van der Waals surface area contributed by atoms with E-state index in [9.17, 15) is 0 Å². The molecule has 0 spiro atoms. The van der Waals surface area contributed by atoms with Crippen LogP contribution >= 0.6 is 0 Å². The molecule has 0 aliphatic rings. The van der Waals surface area contributed by atoms with Crippen molar-refractivity contribution in [3.05, 3.63) is 29.8 Å². The van der Waals surface area contributed by atoms with Gasteiger partial charge in [-0.05, 0) is 30.0 Å². The van der Waals surface area contributed by atoms with Crippen LogP contribution in [-0.4, -0.2) is 13.6 Å². The number of nitrogens with two attached hydrogens (primary N) is 1. The molecular formula is C14H24N2. The molecule has 0 aromatic heterocycles. The Bertz CT molecular complexity index is 309. The summed E-state index contributed by atoms with van der Waals surface area (Å²) in [5.41, 5.74) is 8.12. The molecule has 1 aromatic carbocycles. The Morgan fingerprint density at radius 1 is 1.38 bits per heavy atom. The predicted octanol–water partition coefficient (Wildman–Crippen LogP) is 3.02. The van der Waals surface area contributed by atoms with Gasteiger partial charge in [0.1, 0.15) is 0 Å². The van der Waals surface area contributed by atoms with E-state index in [1.807, 2.05) is 0 Å². The molecule has 1 aromatic rings. The zero-order valence-corrected chi connectivity index (χ0v) is 10.7. The summed E-state index contributed by atoms with van der Waals surface area (Å²) in [5, 5.41) is 0. The van der Waals surface area contributed by atoms with Crippen LogP contribution in [0.1, 0.15) is 32.3 Å². The third kappa shape index (κ3) is 3.86. The van der Waals surface area contributed by atoms with Gasteiger partial charge in [-0.1, -0.05) is 32.4 Å². The first-order chi connectivity index (χ1) is 7.67. The van der Waals surface area contributed by atoms with Gasteiger partial charge in [0.2, 0.25) is 0 Å². The summed E-state index contributed by atoms with van der Waals surface area (Å²) >= 11 is 0. The lowest BCUT2D eigenvalue weighted by Gasteiger charge is -2.23. The summed E-state index contributed by atoms with van der Waals surface area (Å²) in [6.45, 7) is 6.28. The quantitative estimate of drug-likeness (QED) is 0.798. The van der Waals surface area contributed by atoms with E-state index in [4.69, 9.17) is 5.73 Å². The van der Waals surface area contributed by atoms with Gasteiger partial charge in [0, 0.05) is 25.8 Å². The van der Waals surface area contributed by atoms with Crippen LogP contribution in [0.2, 0.25) is 0 Å². The second-order valence-corrected chi connectivity index (χ2v) is 4.65. The van der Waals surface area contributed by atoms with Crippen LogP contribution in [-0.2, 0) is 6.54 Å². The standard InChI is InChI=1S/C14H24N2/c1-4-6-12(2)11-16(3)14-8-5-7-13(9-14)10-15/h5,7-9,12H,4,6,10-11,15H2,1-3H3. The topological polar surface area (TPSA) is 29.3 Å². The number of anilines is 1. The average molecular weight is 220 g/mol. The Morgan fingerprint density at radius 2 is 2.12 bits per heavy atom. The van der Waals surface area contributed by atoms with Gasteiger partial charge < -0.3 is 10.6 Å². The van der Waals surface area contributed by atoms with Crippen LogP contribution in [0, 0.1) is 5.92 Å². The Hall–Kier alpha value is -1.02. The van der Waals surface area contributed by atoms with Gasteiger partial charge in [0.05, 0.1) is 0 Å². The maximum atomic E-state index is 5.65. The van der Waals surface area contributed by atoms with Gasteiger partial charge in [0.15, 0.2) is 0 Å². The molecule has 1 atom stereocenters. The van der Waals surface area contributed by atoms with Crippen molar-refractivity contribution in [3.63, 3.8) is 0 Å². The predicted molar refractivity (Wildman–Crippen MR) is 71.7 cm³/mol. The fourth-order valence-electron chi connectivity index (χ4n) is 2.08. The molecule has 0 radical (unpaired) electrons. The fourth-order valence-corrected chi connectivity index (χ4v) is 2.08. The number of nitrogens with zero attached hydrogens (tertiary/aromatic N) is 1. The van der Waals surface area contributed by atoms with Gasteiger partial charge in [-0.3, -0.25) is 0 Å². The summed E-state index contributed by atoms with van der Waals surface area (Å²) in [6, 6.07) is 8.49. The van der Waals surface area contributed by atoms with Crippen molar-refractivity contribution >= 4 is 5.69 Å². The van der Waals surface area contributed by atoms with Crippen molar-refractivity contribution in [2.45, 2.75) is 33.2 Å². The van der Waals surface area contributed by atoms with Crippen LogP contribution in [0.25, 0.3) is 0 Å². The molecular weight excluding hydrogens is 196 g/mol. The highest BCUT2D eigenvalue weighted by molar-refractivity contribution is 5.47. The lowest BCUT2D eigenvalue weighted by atomic mass is 10.1. The van der Waals surface area contributed by atoms with E-state index < -0.39 is 0 Å². The van der Waals surface area contributed by atoms with Gasteiger partial charge in [0.25, 0.3) is 0 Å². The number of benzene rings is 1. The van der Waals surface area contributed by atoms with E-state index in [0.29, 0.717) is 6.54 Å². The first-order valence-corrected chi connectivity index (χ1v) is 6.17. The summed E-state index contributed by atoms with van der Waals surface area (Å²) in [6.07, 6.45) is 2.55.